The number of alkyl halides is 2. The quantitative estimate of drug-likeness (QED) is 0.655. The van der Waals surface area contributed by atoms with Crippen LogP contribution in [0.15, 0.2) is 23.8 Å². The van der Waals surface area contributed by atoms with E-state index < -0.39 is 18.2 Å². The van der Waals surface area contributed by atoms with E-state index in [-0.39, 0.29) is 17.1 Å². The number of nitriles is 1. The molecule has 0 heterocycles. The number of carbonyl (C=O) groups is 1. The number of halogens is 2. The SMILES string of the molecule is COc1ccc(C=C(C#N)C(=O)O)cc1OC(F)F. The minimum atomic E-state index is -3.04. The normalized spacial score (nSPS) is 11.0. The molecule has 0 saturated heterocycles. The molecule has 0 aromatic heterocycles. The first-order valence-corrected chi connectivity index (χ1v) is 4.96. The molecule has 0 unspecified atom stereocenters. The van der Waals surface area contributed by atoms with Crippen molar-refractivity contribution in [1.82, 2.24) is 0 Å². The van der Waals surface area contributed by atoms with E-state index >= 15 is 0 Å². The maximum absolute atomic E-state index is 12.2. The fourth-order valence-electron chi connectivity index (χ4n) is 1.28. The van der Waals surface area contributed by atoms with Crippen LogP contribution in [0.3, 0.4) is 0 Å². The van der Waals surface area contributed by atoms with Crippen LogP contribution in [0.5, 0.6) is 11.5 Å². The molecule has 0 aliphatic carbocycles. The Kier molecular flexibility index (Phi) is 4.83. The van der Waals surface area contributed by atoms with Crippen molar-refractivity contribution in [3.8, 4) is 17.6 Å². The van der Waals surface area contributed by atoms with E-state index in [4.69, 9.17) is 15.1 Å². The zero-order valence-corrected chi connectivity index (χ0v) is 9.76. The fraction of sp³-hybridized carbons (Fsp3) is 0.167. The van der Waals surface area contributed by atoms with Gasteiger partial charge in [-0.2, -0.15) is 14.0 Å². The Morgan fingerprint density at radius 1 is 1.47 bits per heavy atom. The minimum Gasteiger partial charge on any atom is -0.493 e. The lowest BCUT2D eigenvalue weighted by Gasteiger charge is -2.10. The van der Waals surface area contributed by atoms with Crippen LogP contribution >= 0.6 is 0 Å². The van der Waals surface area contributed by atoms with E-state index in [0.717, 1.165) is 12.1 Å². The second kappa shape index (κ2) is 6.35. The summed E-state index contributed by atoms with van der Waals surface area (Å²) in [7, 11) is 1.28. The molecule has 1 aromatic rings. The van der Waals surface area contributed by atoms with Crippen molar-refractivity contribution >= 4 is 12.0 Å². The number of carboxylic acid groups (broad SMARTS) is 1. The van der Waals surface area contributed by atoms with Crippen LogP contribution in [0.1, 0.15) is 5.56 Å². The number of rotatable bonds is 5. The highest BCUT2D eigenvalue weighted by Gasteiger charge is 2.12. The lowest BCUT2D eigenvalue weighted by atomic mass is 10.1. The summed E-state index contributed by atoms with van der Waals surface area (Å²) in [6.07, 6.45) is 1.04. The van der Waals surface area contributed by atoms with E-state index in [2.05, 4.69) is 4.74 Å². The van der Waals surface area contributed by atoms with Gasteiger partial charge in [0.1, 0.15) is 11.6 Å². The monoisotopic (exact) mass is 269 g/mol. The maximum atomic E-state index is 12.2. The predicted molar refractivity (Wildman–Crippen MR) is 60.9 cm³/mol. The van der Waals surface area contributed by atoms with Crippen LogP contribution in [0.25, 0.3) is 6.08 Å². The highest BCUT2D eigenvalue weighted by molar-refractivity contribution is 5.96. The summed E-state index contributed by atoms with van der Waals surface area (Å²) in [4.78, 5) is 10.7. The Hall–Kier alpha value is -2.62. The minimum absolute atomic E-state index is 0.0753. The third-order valence-electron chi connectivity index (χ3n) is 2.07. The van der Waals surface area contributed by atoms with E-state index in [9.17, 15) is 13.6 Å². The van der Waals surface area contributed by atoms with Crippen molar-refractivity contribution < 1.29 is 28.2 Å². The van der Waals surface area contributed by atoms with E-state index in [0.29, 0.717) is 0 Å². The number of carboxylic acids is 1. The number of methoxy groups -OCH3 is 1. The highest BCUT2D eigenvalue weighted by Crippen LogP contribution is 2.30. The van der Waals surface area contributed by atoms with Crippen LogP contribution in [0.2, 0.25) is 0 Å². The second-order valence-electron chi connectivity index (χ2n) is 3.26. The van der Waals surface area contributed by atoms with Crippen molar-refractivity contribution in [1.29, 1.82) is 5.26 Å². The zero-order chi connectivity index (χ0) is 14.4. The second-order valence-corrected chi connectivity index (χ2v) is 3.26. The summed E-state index contributed by atoms with van der Waals surface area (Å²) in [5.74, 6) is -1.57. The summed E-state index contributed by atoms with van der Waals surface area (Å²) < 4.78 is 33.4. The molecule has 1 aromatic carbocycles. The Bertz CT molecular complexity index is 549. The van der Waals surface area contributed by atoms with Gasteiger partial charge in [-0.25, -0.2) is 4.79 Å². The van der Waals surface area contributed by atoms with Crippen LogP contribution in [0, 0.1) is 11.3 Å². The summed E-state index contributed by atoms with van der Waals surface area (Å²) in [6.45, 7) is -3.04. The molecule has 1 N–H and O–H groups in total. The first-order valence-electron chi connectivity index (χ1n) is 4.96. The topological polar surface area (TPSA) is 79.5 Å². The van der Waals surface area contributed by atoms with Crippen LogP contribution in [-0.4, -0.2) is 24.8 Å². The molecule has 100 valence electrons. The predicted octanol–water partition coefficient (Wildman–Crippen LogP) is 2.29. The molecule has 1 rings (SSSR count). The van der Waals surface area contributed by atoms with Gasteiger partial charge in [0.05, 0.1) is 7.11 Å². The first kappa shape index (κ1) is 14.4. The summed E-state index contributed by atoms with van der Waals surface area (Å²) in [5, 5.41) is 17.3. The molecule has 0 aliphatic rings. The van der Waals surface area contributed by atoms with Gasteiger partial charge in [0, 0.05) is 0 Å². The summed E-state index contributed by atoms with van der Waals surface area (Å²) in [5.41, 5.74) is -0.288. The zero-order valence-electron chi connectivity index (χ0n) is 9.76. The molecular formula is C12H9F2NO4. The number of nitrogens with zero attached hydrogens (tertiary/aromatic N) is 1. The van der Waals surface area contributed by atoms with E-state index in [1.807, 2.05) is 0 Å². The van der Waals surface area contributed by atoms with Gasteiger partial charge in [-0.05, 0) is 23.8 Å². The third kappa shape index (κ3) is 3.96. The number of ether oxygens (including phenoxy) is 2. The molecule has 7 heteroatoms. The van der Waals surface area contributed by atoms with Crippen molar-refractivity contribution in [2.45, 2.75) is 6.61 Å². The van der Waals surface area contributed by atoms with Gasteiger partial charge in [0.2, 0.25) is 0 Å². The molecular weight excluding hydrogens is 260 g/mol. The lowest BCUT2D eigenvalue weighted by molar-refractivity contribution is -0.132. The summed E-state index contributed by atoms with van der Waals surface area (Å²) in [6, 6.07) is 5.39. The van der Waals surface area contributed by atoms with Crippen molar-refractivity contribution in [2.24, 2.45) is 0 Å². The highest BCUT2D eigenvalue weighted by atomic mass is 19.3. The molecule has 0 fully saturated rings. The Morgan fingerprint density at radius 3 is 2.63 bits per heavy atom. The van der Waals surface area contributed by atoms with Crippen LogP contribution in [0.4, 0.5) is 8.78 Å². The molecule has 0 bridgehead atoms. The average molecular weight is 269 g/mol. The number of benzene rings is 1. The molecule has 5 nitrogen and oxygen atoms in total. The van der Waals surface area contributed by atoms with Crippen LogP contribution in [-0.2, 0) is 4.79 Å². The van der Waals surface area contributed by atoms with Crippen LogP contribution < -0.4 is 9.47 Å². The van der Waals surface area contributed by atoms with Gasteiger partial charge < -0.3 is 14.6 Å². The Morgan fingerprint density at radius 2 is 2.16 bits per heavy atom. The third-order valence-corrected chi connectivity index (χ3v) is 2.07. The van der Waals surface area contributed by atoms with Crippen molar-refractivity contribution in [3.05, 3.63) is 29.3 Å². The maximum Gasteiger partial charge on any atom is 0.387 e. The smallest absolute Gasteiger partial charge is 0.387 e. The number of aliphatic carboxylic acids is 1. The number of hydrogen-bond donors (Lipinski definition) is 1. The molecule has 0 amide bonds. The van der Waals surface area contributed by atoms with Gasteiger partial charge in [0.15, 0.2) is 11.5 Å². The first-order chi connectivity index (χ1) is 8.97. The molecule has 0 atom stereocenters. The number of hydrogen-bond acceptors (Lipinski definition) is 4. The molecule has 0 saturated carbocycles. The standard InChI is InChI=1S/C12H9F2NO4/c1-18-9-3-2-7(4-8(6-15)11(16)17)5-10(9)19-12(13)14/h2-5,12H,1H3,(H,16,17). The molecule has 0 aliphatic heterocycles. The van der Waals surface area contributed by atoms with E-state index in [1.54, 1.807) is 0 Å². The molecule has 0 spiro atoms. The van der Waals surface area contributed by atoms with Gasteiger partial charge in [-0.15, -0.1) is 0 Å². The van der Waals surface area contributed by atoms with Crippen molar-refractivity contribution in [2.75, 3.05) is 7.11 Å². The molecule has 0 radical (unpaired) electrons. The van der Waals surface area contributed by atoms with Gasteiger partial charge >= 0.3 is 12.6 Å². The fourth-order valence-corrected chi connectivity index (χ4v) is 1.28. The average Bonchev–Trinajstić information content (AvgIpc) is 2.35. The van der Waals surface area contributed by atoms with Crippen molar-refractivity contribution in [3.63, 3.8) is 0 Å². The summed E-state index contributed by atoms with van der Waals surface area (Å²) >= 11 is 0. The van der Waals surface area contributed by atoms with Gasteiger partial charge in [-0.3, -0.25) is 0 Å². The largest absolute Gasteiger partial charge is 0.493 e. The lowest BCUT2D eigenvalue weighted by Crippen LogP contribution is -2.04. The molecule has 19 heavy (non-hydrogen) atoms. The Labute approximate surface area is 107 Å². The van der Waals surface area contributed by atoms with Gasteiger partial charge in [-0.1, -0.05) is 6.07 Å². The Balaban J connectivity index is 3.18. The van der Waals surface area contributed by atoms with Gasteiger partial charge in [0.25, 0.3) is 0 Å². The van der Waals surface area contributed by atoms with E-state index in [1.165, 1.54) is 25.3 Å².